The number of nitrogens with zero attached hydrogens (tertiary/aromatic N) is 3. The molecule has 2 aliphatic rings. The number of piperazine rings is 1. The fraction of sp³-hybridized carbons (Fsp3) is 0.391. The van der Waals surface area contributed by atoms with Crippen molar-refractivity contribution in [3.8, 4) is 11.5 Å². The fourth-order valence-corrected chi connectivity index (χ4v) is 3.84. The normalized spacial score (nSPS) is 16.8. The van der Waals surface area contributed by atoms with E-state index in [1.165, 1.54) is 0 Å². The number of carbonyl (C=O) groups is 1. The quantitative estimate of drug-likeness (QED) is 0.769. The highest BCUT2D eigenvalue weighted by Gasteiger charge is 2.30. The molecule has 0 radical (unpaired) electrons. The van der Waals surface area contributed by atoms with Gasteiger partial charge >= 0.3 is 5.97 Å². The van der Waals surface area contributed by atoms with E-state index < -0.39 is 11.4 Å². The molecule has 158 valence electrons. The Labute approximate surface area is 181 Å². The number of hydrogen-bond acceptors (Lipinski definition) is 5. The van der Waals surface area contributed by atoms with Gasteiger partial charge in [0.05, 0.1) is 11.0 Å². The van der Waals surface area contributed by atoms with E-state index >= 15 is 0 Å². The van der Waals surface area contributed by atoms with Crippen molar-refractivity contribution in [1.82, 2.24) is 9.80 Å². The number of rotatable bonds is 4. The molecular formula is C23H26ClN3O3. The molecule has 0 aliphatic carbocycles. The van der Waals surface area contributed by atoms with Gasteiger partial charge < -0.3 is 14.7 Å². The minimum Gasteiger partial charge on any atom is -0.481 e. The lowest BCUT2D eigenvalue weighted by Gasteiger charge is -2.37. The molecule has 0 atom stereocenters. The summed E-state index contributed by atoms with van der Waals surface area (Å²) < 4.78 is 6.13. The highest BCUT2D eigenvalue weighted by Crippen LogP contribution is 2.39. The van der Waals surface area contributed by atoms with Gasteiger partial charge in [-0.25, -0.2) is 4.99 Å². The van der Waals surface area contributed by atoms with Crippen molar-refractivity contribution < 1.29 is 14.6 Å². The zero-order valence-corrected chi connectivity index (χ0v) is 18.0. The van der Waals surface area contributed by atoms with E-state index in [9.17, 15) is 9.90 Å². The first-order valence-corrected chi connectivity index (χ1v) is 10.6. The molecule has 0 unspecified atom stereocenters. The predicted octanol–water partition coefficient (Wildman–Crippen LogP) is 4.64. The average Bonchev–Trinajstić information content (AvgIpc) is 2.89. The second-order valence-electron chi connectivity index (χ2n) is 8.41. The summed E-state index contributed by atoms with van der Waals surface area (Å²) in [6, 6.07) is 13.4. The van der Waals surface area contributed by atoms with Crippen LogP contribution in [0.15, 0.2) is 47.5 Å². The van der Waals surface area contributed by atoms with E-state index in [-0.39, 0.29) is 0 Å². The number of carboxylic acid groups (broad SMARTS) is 1. The van der Waals surface area contributed by atoms with Crippen LogP contribution in [0, 0.1) is 5.41 Å². The molecule has 0 amide bonds. The van der Waals surface area contributed by atoms with E-state index in [0.29, 0.717) is 11.4 Å². The van der Waals surface area contributed by atoms with Gasteiger partial charge in [-0.2, -0.15) is 0 Å². The number of aliphatic carboxylic acids is 1. The fourth-order valence-electron chi connectivity index (χ4n) is 3.66. The minimum atomic E-state index is -0.749. The summed E-state index contributed by atoms with van der Waals surface area (Å²) in [7, 11) is 0. The molecule has 0 spiro atoms. The van der Waals surface area contributed by atoms with Gasteiger partial charge in [-0.05, 0) is 57.1 Å². The van der Waals surface area contributed by atoms with Crippen LogP contribution in [0.3, 0.4) is 0 Å². The summed E-state index contributed by atoms with van der Waals surface area (Å²) in [5, 5.41) is 9.98. The summed E-state index contributed by atoms with van der Waals surface area (Å²) in [6.45, 7) is 7.66. The van der Waals surface area contributed by atoms with E-state index in [4.69, 9.17) is 21.3 Å². The van der Waals surface area contributed by atoms with Crippen LogP contribution in [0.1, 0.15) is 25.8 Å². The first-order chi connectivity index (χ1) is 14.3. The van der Waals surface area contributed by atoms with Crippen molar-refractivity contribution in [2.45, 2.75) is 20.3 Å². The molecule has 1 N–H and O–H groups in total. The zero-order chi connectivity index (χ0) is 21.3. The molecule has 2 aromatic rings. The van der Waals surface area contributed by atoms with Crippen molar-refractivity contribution >= 4 is 29.1 Å². The molecule has 0 saturated carbocycles. The Morgan fingerprint density at radius 3 is 2.60 bits per heavy atom. The second-order valence-corrected chi connectivity index (χ2v) is 8.85. The average molecular weight is 428 g/mol. The second kappa shape index (κ2) is 8.28. The molecular weight excluding hydrogens is 402 g/mol. The smallest absolute Gasteiger partial charge is 0.309 e. The zero-order valence-electron chi connectivity index (χ0n) is 17.3. The predicted molar refractivity (Wildman–Crippen MR) is 118 cm³/mol. The topological polar surface area (TPSA) is 65.4 Å². The molecule has 1 saturated heterocycles. The molecule has 6 nitrogen and oxygen atoms in total. The maximum Gasteiger partial charge on any atom is 0.309 e. The molecule has 4 rings (SSSR count). The summed E-state index contributed by atoms with van der Waals surface area (Å²) in [4.78, 5) is 20.9. The Morgan fingerprint density at radius 1 is 1.13 bits per heavy atom. The SMILES string of the molecule is CC(C)(CCN1CCN(C2=Nc3ccccc3Oc3ccc(Cl)cc32)CC1)C(=O)O. The van der Waals surface area contributed by atoms with Gasteiger partial charge in [0.25, 0.3) is 0 Å². The highest BCUT2D eigenvalue weighted by molar-refractivity contribution is 6.31. The summed E-state index contributed by atoms with van der Waals surface area (Å²) in [5.74, 6) is 1.59. The summed E-state index contributed by atoms with van der Waals surface area (Å²) in [5.41, 5.74) is 0.976. The van der Waals surface area contributed by atoms with Crippen LogP contribution < -0.4 is 4.74 Å². The Morgan fingerprint density at radius 2 is 1.87 bits per heavy atom. The van der Waals surface area contributed by atoms with E-state index in [1.807, 2.05) is 42.5 Å². The van der Waals surface area contributed by atoms with Crippen LogP contribution in [0.25, 0.3) is 0 Å². The van der Waals surface area contributed by atoms with Crippen LogP contribution in [0.4, 0.5) is 5.69 Å². The lowest BCUT2D eigenvalue weighted by Crippen LogP contribution is -2.49. The monoisotopic (exact) mass is 427 g/mol. The first-order valence-electron chi connectivity index (χ1n) is 10.2. The van der Waals surface area contributed by atoms with Gasteiger partial charge in [-0.3, -0.25) is 9.69 Å². The number of amidine groups is 1. The maximum absolute atomic E-state index is 11.4. The van der Waals surface area contributed by atoms with Gasteiger partial charge in [-0.1, -0.05) is 23.7 Å². The van der Waals surface area contributed by atoms with Gasteiger partial charge in [0.1, 0.15) is 17.3 Å². The van der Waals surface area contributed by atoms with E-state index in [0.717, 1.165) is 61.3 Å². The number of ether oxygens (including phenoxy) is 1. The molecule has 2 aromatic carbocycles. The molecule has 0 bridgehead atoms. The third kappa shape index (κ3) is 4.30. The van der Waals surface area contributed by atoms with Crippen molar-refractivity contribution in [2.24, 2.45) is 10.4 Å². The van der Waals surface area contributed by atoms with Crippen LogP contribution in [0.5, 0.6) is 11.5 Å². The van der Waals surface area contributed by atoms with Gasteiger partial charge in [-0.15, -0.1) is 0 Å². The third-order valence-corrected chi connectivity index (χ3v) is 6.03. The van der Waals surface area contributed by atoms with Crippen LogP contribution in [0.2, 0.25) is 5.02 Å². The van der Waals surface area contributed by atoms with Crippen LogP contribution in [-0.4, -0.2) is 59.4 Å². The van der Waals surface area contributed by atoms with Crippen molar-refractivity contribution in [3.63, 3.8) is 0 Å². The van der Waals surface area contributed by atoms with E-state index in [1.54, 1.807) is 13.8 Å². The van der Waals surface area contributed by atoms with Crippen molar-refractivity contribution in [1.29, 1.82) is 0 Å². The summed E-state index contributed by atoms with van der Waals surface area (Å²) in [6.07, 6.45) is 0.628. The Kier molecular flexibility index (Phi) is 5.71. The highest BCUT2D eigenvalue weighted by atomic mass is 35.5. The lowest BCUT2D eigenvalue weighted by molar-refractivity contribution is -0.147. The number of para-hydroxylation sites is 2. The number of benzene rings is 2. The molecule has 2 heterocycles. The maximum atomic E-state index is 11.4. The Balaban J connectivity index is 1.53. The molecule has 2 aliphatic heterocycles. The Hall–Kier alpha value is -2.57. The summed E-state index contributed by atoms with van der Waals surface area (Å²) >= 11 is 6.29. The minimum absolute atomic E-state index is 0.628. The van der Waals surface area contributed by atoms with Crippen molar-refractivity contribution in [3.05, 3.63) is 53.1 Å². The number of carboxylic acids is 1. The van der Waals surface area contributed by atoms with Gasteiger partial charge in [0.15, 0.2) is 5.75 Å². The largest absolute Gasteiger partial charge is 0.481 e. The third-order valence-electron chi connectivity index (χ3n) is 5.80. The number of aliphatic imine (C=N–C) groups is 1. The van der Waals surface area contributed by atoms with Crippen molar-refractivity contribution in [2.75, 3.05) is 32.7 Å². The van der Waals surface area contributed by atoms with Gasteiger partial charge in [0, 0.05) is 31.2 Å². The van der Waals surface area contributed by atoms with E-state index in [2.05, 4.69) is 9.80 Å². The first kappa shape index (κ1) is 20.7. The van der Waals surface area contributed by atoms with Gasteiger partial charge in [0.2, 0.25) is 0 Å². The number of fused-ring (bicyclic) bond motifs is 2. The lowest BCUT2D eigenvalue weighted by atomic mass is 9.89. The number of halogens is 1. The molecule has 7 heteroatoms. The molecule has 1 fully saturated rings. The standard InChI is InChI=1S/C23H26ClN3O3/c1-23(2,22(28)29)9-10-26-11-13-27(14-12-26)21-17-15-16(24)7-8-19(17)30-20-6-4-3-5-18(20)25-21/h3-8,15H,9-14H2,1-2H3,(H,28,29). The Bertz CT molecular complexity index is 981. The molecule has 0 aromatic heterocycles. The number of hydrogen-bond donors (Lipinski definition) is 1. The van der Waals surface area contributed by atoms with Crippen LogP contribution in [-0.2, 0) is 4.79 Å². The van der Waals surface area contributed by atoms with Crippen LogP contribution >= 0.6 is 11.6 Å². The molecule has 30 heavy (non-hydrogen) atoms.